The molecule has 0 saturated heterocycles. The van der Waals surface area contributed by atoms with Crippen LogP contribution >= 0.6 is 15.9 Å². The maximum absolute atomic E-state index is 14.1. The fourth-order valence-corrected chi connectivity index (χ4v) is 3.58. The fourth-order valence-electron chi connectivity index (χ4n) is 3.23. The van der Waals surface area contributed by atoms with Gasteiger partial charge in [0.15, 0.2) is 0 Å². The highest BCUT2D eigenvalue weighted by Crippen LogP contribution is 2.58. The summed E-state index contributed by atoms with van der Waals surface area (Å²) in [7, 11) is 0. The summed E-state index contributed by atoms with van der Waals surface area (Å²) in [6.07, 6.45) is 2.72. The van der Waals surface area contributed by atoms with Gasteiger partial charge < -0.3 is 4.90 Å². The number of benzene rings is 1. The Morgan fingerprint density at radius 1 is 1.35 bits per heavy atom. The lowest BCUT2D eigenvalue weighted by molar-refractivity contribution is -0.121. The molecule has 1 aromatic carbocycles. The van der Waals surface area contributed by atoms with E-state index in [0.717, 1.165) is 22.9 Å². The molecule has 5 heteroatoms. The molecule has 1 aliphatic heterocycles. The Morgan fingerprint density at radius 3 is 2.65 bits per heavy atom. The van der Waals surface area contributed by atoms with Gasteiger partial charge in [0.1, 0.15) is 0 Å². The van der Waals surface area contributed by atoms with Crippen LogP contribution in [-0.4, -0.2) is 18.4 Å². The first-order chi connectivity index (χ1) is 9.44. The van der Waals surface area contributed by atoms with Gasteiger partial charge in [0.2, 0.25) is 5.91 Å². The van der Waals surface area contributed by atoms with E-state index in [1.165, 1.54) is 4.90 Å². The van der Waals surface area contributed by atoms with Crippen LogP contribution < -0.4 is 4.90 Å². The van der Waals surface area contributed by atoms with Crippen molar-refractivity contribution in [2.45, 2.75) is 37.0 Å². The Kier molecular flexibility index (Phi) is 2.43. The van der Waals surface area contributed by atoms with Crippen molar-refractivity contribution in [3.05, 3.63) is 28.2 Å². The minimum atomic E-state index is -2.77. The number of hydrogen-bond acceptors (Lipinski definition) is 1. The van der Waals surface area contributed by atoms with Crippen molar-refractivity contribution < 1.29 is 13.6 Å². The molecule has 2 fully saturated rings. The van der Waals surface area contributed by atoms with E-state index in [1.54, 1.807) is 6.07 Å². The molecule has 0 N–H and O–H groups in total. The van der Waals surface area contributed by atoms with E-state index in [1.807, 2.05) is 12.1 Å². The van der Waals surface area contributed by atoms with Crippen LogP contribution in [0.5, 0.6) is 0 Å². The summed E-state index contributed by atoms with van der Waals surface area (Å²) in [5.74, 6) is -3.44. The molecule has 1 spiro atoms. The molecule has 0 radical (unpaired) electrons. The van der Waals surface area contributed by atoms with E-state index in [4.69, 9.17) is 0 Å². The van der Waals surface area contributed by atoms with Gasteiger partial charge in [-0.15, -0.1) is 0 Å². The molecule has 0 bridgehead atoms. The molecular formula is C15H14BrF2NO. The van der Waals surface area contributed by atoms with Crippen LogP contribution in [0.1, 0.15) is 31.2 Å². The third kappa shape index (κ3) is 1.68. The van der Waals surface area contributed by atoms with Crippen LogP contribution in [0.4, 0.5) is 14.5 Å². The molecule has 0 atom stereocenters. The number of nitrogens with zero attached hydrogens (tertiary/aromatic N) is 1. The number of fused-ring (bicyclic) bond motifs is 2. The minimum absolute atomic E-state index is 0.133. The van der Waals surface area contributed by atoms with Crippen molar-refractivity contribution >= 4 is 27.5 Å². The Balaban J connectivity index is 1.73. The van der Waals surface area contributed by atoms with Gasteiger partial charge in [-0.05, 0) is 43.4 Å². The van der Waals surface area contributed by atoms with E-state index in [-0.39, 0.29) is 5.91 Å². The van der Waals surface area contributed by atoms with Crippen LogP contribution in [0.15, 0.2) is 22.7 Å². The van der Waals surface area contributed by atoms with E-state index in [2.05, 4.69) is 15.9 Å². The molecule has 2 aliphatic carbocycles. The number of alkyl halides is 2. The van der Waals surface area contributed by atoms with Gasteiger partial charge in [0, 0.05) is 16.1 Å². The van der Waals surface area contributed by atoms with Crippen LogP contribution in [0.2, 0.25) is 0 Å². The van der Waals surface area contributed by atoms with Gasteiger partial charge in [0.25, 0.3) is 5.92 Å². The van der Waals surface area contributed by atoms with Crippen LogP contribution in [0, 0.1) is 5.92 Å². The quantitative estimate of drug-likeness (QED) is 0.817. The first-order valence-electron chi connectivity index (χ1n) is 6.94. The summed E-state index contributed by atoms with van der Waals surface area (Å²) in [5, 5.41) is 0. The number of halogens is 3. The van der Waals surface area contributed by atoms with Crippen molar-refractivity contribution in [2.24, 2.45) is 5.92 Å². The third-order valence-corrected chi connectivity index (χ3v) is 5.21. The van der Waals surface area contributed by atoms with E-state index >= 15 is 0 Å². The highest BCUT2D eigenvalue weighted by Gasteiger charge is 2.61. The number of anilines is 1. The predicted molar refractivity (Wildman–Crippen MR) is 75.1 cm³/mol. The number of amides is 1. The monoisotopic (exact) mass is 341 g/mol. The summed E-state index contributed by atoms with van der Waals surface area (Å²) >= 11 is 3.37. The van der Waals surface area contributed by atoms with E-state index in [0.29, 0.717) is 18.5 Å². The summed E-state index contributed by atoms with van der Waals surface area (Å²) in [5.41, 5.74) is 1.11. The fraction of sp³-hybridized carbons (Fsp3) is 0.533. The predicted octanol–water partition coefficient (Wildman–Crippen LogP) is 3.87. The average molecular weight is 342 g/mol. The van der Waals surface area contributed by atoms with Gasteiger partial charge in [-0.25, -0.2) is 8.78 Å². The maximum atomic E-state index is 14.1. The lowest BCUT2D eigenvalue weighted by Gasteiger charge is -2.24. The average Bonchev–Trinajstić information content (AvgIpc) is 3.27. The first-order valence-corrected chi connectivity index (χ1v) is 7.73. The van der Waals surface area contributed by atoms with Crippen LogP contribution in [0.3, 0.4) is 0 Å². The van der Waals surface area contributed by atoms with Crippen molar-refractivity contribution in [3.63, 3.8) is 0 Å². The number of carbonyl (C=O) groups is 1. The molecule has 0 unspecified atom stereocenters. The SMILES string of the molecule is O=C1N(CC(F)(F)C2CC2)c2cc(Br)ccc2C12CC2. The first kappa shape index (κ1) is 12.7. The maximum Gasteiger partial charge on any atom is 0.268 e. The summed E-state index contributed by atoms with van der Waals surface area (Å²) in [6, 6.07) is 5.58. The largest absolute Gasteiger partial charge is 0.305 e. The summed E-state index contributed by atoms with van der Waals surface area (Å²) in [4.78, 5) is 13.9. The highest BCUT2D eigenvalue weighted by atomic mass is 79.9. The molecule has 1 amide bonds. The van der Waals surface area contributed by atoms with E-state index < -0.39 is 23.8 Å². The van der Waals surface area contributed by atoms with Crippen LogP contribution in [-0.2, 0) is 10.2 Å². The lowest BCUT2D eigenvalue weighted by Crippen LogP contribution is -2.42. The number of carbonyl (C=O) groups excluding carboxylic acids is 1. The van der Waals surface area contributed by atoms with Crippen molar-refractivity contribution in [1.82, 2.24) is 0 Å². The Morgan fingerprint density at radius 2 is 2.05 bits per heavy atom. The number of hydrogen-bond donors (Lipinski definition) is 0. The number of rotatable bonds is 3. The second-order valence-electron chi connectivity index (χ2n) is 6.17. The highest BCUT2D eigenvalue weighted by molar-refractivity contribution is 9.10. The third-order valence-electron chi connectivity index (χ3n) is 4.71. The van der Waals surface area contributed by atoms with Gasteiger partial charge in [-0.1, -0.05) is 22.0 Å². The molecule has 20 heavy (non-hydrogen) atoms. The molecule has 2 nitrogen and oxygen atoms in total. The zero-order chi connectivity index (χ0) is 14.1. The summed E-state index contributed by atoms with van der Waals surface area (Å²) in [6.45, 7) is -0.471. The molecule has 4 rings (SSSR count). The second-order valence-corrected chi connectivity index (χ2v) is 7.09. The van der Waals surface area contributed by atoms with Gasteiger partial charge in [-0.2, -0.15) is 0 Å². The molecule has 1 aromatic rings. The topological polar surface area (TPSA) is 20.3 Å². The van der Waals surface area contributed by atoms with Gasteiger partial charge >= 0.3 is 0 Å². The van der Waals surface area contributed by atoms with Crippen LogP contribution in [0.25, 0.3) is 0 Å². The molecule has 1 heterocycles. The van der Waals surface area contributed by atoms with Gasteiger partial charge in [-0.3, -0.25) is 4.79 Å². The van der Waals surface area contributed by atoms with Crippen molar-refractivity contribution in [1.29, 1.82) is 0 Å². The van der Waals surface area contributed by atoms with Crippen molar-refractivity contribution in [3.8, 4) is 0 Å². The lowest BCUT2D eigenvalue weighted by atomic mass is 9.98. The summed E-state index contributed by atoms with van der Waals surface area (Å²) < 4.78 is 29.0. The van der Waals surface area contributed by atoms with E-state index in [9.17, 15) is 13.6 Å². The molecule has 2 saturated carbocycles. The minimum Gasteiger partial charge on any atom is -0.305 e. The van der Waals surface area contributed by atoms with Gasteiger partial charge in [0.05, 0.1) is 12.0 Å². The Hall–Kier alpha value is -0.970. The molecule has 106 valence electrons. The molecular weight excluding hydrogens is 328 g/mol. The Bertz CT molecular complexity index is 608. The zero-order valence-electron chi connectivity index (χ0n) is 10.8. The molecule has 0 aromatic heterocycles. The second kappa shape index (κ2) is 3.81. The standard InChI is InChI=1S/C15H14BrF2NO/c16-10-3-4-11-12(7-10)19(13(20)14(11)5-6-14)8-15(17,18)9-1-2-9/h3-4,7,9H,1-2,5-6,8H2. The smallest absolute Gasteiger partial charge is 0.268 e. The Labute approximate surface area is 124 Å². The normalized spacial score (nSPS) is 23.4. The zero-order valence-corrected chi connectivity index (χ0v) is 12.4. The molecule has 3 aliphatic rings. The van der Waals surface area contributed by atoms with Crippen molar-refractivity contribution in [2.75, 3.05) is 11.4 Å².